The molecule has 0 spiro atoms. The van der Waals surface area contributed by atoms with E-state index in [1.165, 1.54) is 19.3 Å². The summed E-state index contributed by atoms with van der Waals surface area (Å²) < 4.78 is 0. The number of hydrogen-bond donors (Lipinski definition) is 0. The smallest absolute Gasteiger partial charge is 0.117 e. The summed E-state index contributed by atoms with van der Waals surface area (Å²) in [4.78, 5) is 5.19. The summed E-state index contributed by atoms with van der Waals surface area (Å²) in [5, 5.41) is 4.04. The zero-order chi connectivity index (χ0) is 10.1. The van der Waals surface area contributed by atoms with Crippen LogP contribution in [-0.2, 0) is 4.84 Å². The van der Waals surface area contributed by atoms with Crippen molar-refractivity contribution in [3.05, 3.63) is 0 Å². The Hall–Kier alpha value is -0.530. The molecule has 0 saturated carbocycles. The van der Waals surface area contributed by atoms with Crippen LogP contribution in [0.15, 0.2) is 5.16 Å². The van der Waals surface area contributed by atoms with Gasteiger partial charge in [-0.3, -0.25) is 0 Å². The van der Waals surface area contributed by atoms with Crippen molar-refractivity contribution in [3.8, 4) is 0 Å². The first-order chi connectivity index (χ1) is 6.18. The van der Waals surface area contributed by atoms with Crippen molar-refractivity contribution in [1.82, 2.24) is 0 Å². The average Bonchev–Trinajstić information content (AvgIpc) is 2.10. The van der Waals surface area contributed by atoms with E-state index in [4.69, 9.17) is 4.84 Å². The molecule has 0 radical (unpaired) electrons. The third-order valence-corrected chi connectivity index (χ3v) is 2.13. The van der Waals surface area contributed by atoms with Gasteiger partial charge in [-0.2, -0.15) is 0 Å². The van der Waals surface area contributed by atoms with Crippen LogP contribution in [0.5, 0.6) is 0 Å². The third kappa shape index (κ3) is 7.82. The second kappa shape index (κ2) is 8.09. The predicted molar refractivity (Wildman–Crippen MR) is 58.0 cm³/mol. The summed E-state index contributed by atoms with van der Waals surface area (Å²) in [7, 11) is 0. The number of unbranched alkanes of at least 4 members (excludes halogenated alkanes) is 3. The average molecular weight is 185 g/mol. The number of hydrogen-bond acceptors (Lipinski definition) is 2. The zero-order valence-corrected chi connectivity index (χ0v) is 9.47. The maximum Gasteiger partial charge on any atom is 0.117 e. The predicted octanol–water partition coefficient (Wildman–Crippen LogP) is 3.62. The first-order valence-corrected chi connectivity index (χ1v) is 5.35. The molecule has 0 heterocycles. The molecule has 0 fully saturated rings. The molecule has 0 aliphatic heterocycles. The lowest BCUT2D eigenvalue weighted by molar-refractivity contribution is 0.138. The van der Waals surface area contributed by atoms with Gasteiger partial charge in [0.1, 0.15) is 6.61 Å². The van der Waals surface area contributed by atoms with Crippen LogP contribution in [0.4, 0.5) is 0 Å². The minimum atomic E-state index is 0.496. The summed E-state index contributed by atoms with van der Waals surface area (Å²) in [6.45, 7) is 9.24. The van der Waals surface area contributed by atoms with Crippen molar-refractivity contribution < 1.29 is 4.84 Å². The molecule has 0 aliphatic carbocycles. The van der Waals surface area contributed by atoms with Crippen molar-refractivity contribution in [2.24, 2.45) is 11.1 Å². The fourth-order valence-electron chi connectivity index (χ4n) is 0.846. The molecule has 13 heavy (non-hydrogen) atoms. The first-order valence-electron chi connectivity index (χ1n) is 5.35. The normalized spacial score (nSPS) is 12.2. The minimum Gasteiger partial charge on any atom is -0.396 e. The molecule has 0 aromatic carbocycles. The highest BCUT2D eigenvalue weighted by atomic mass is 16.6. The summed E-state index contributed by atoms with van der Waals surface area (Å²) in [5.74, 6) is 0.496. The molecular formula is C11H23NO. The Kier molecular flexibility index (Phi) is 7.76. The van der Waals surface area contributed by atoms with Gasteiger partial charge in [-0.25, -0.2) is 0 Å². The van der Waals surface area contributed by atoms with Crippen LogP contribution in [0, 0.1) is 5.92 Å². The molecule has 0 aromatic rings. The van der Waals surface area contributed by atoms with Crippen LogP contribution in [0.1, 0.15) is 53.4 Å². The van der Waals surface area contributed by atoms with Crippen molar-refractivity contribution in [1.29, 1.82) is 0 Å². The molecule has 0 aliphatic rings. The maximum absolute atomic E-state index is 5.19. The lowest BCUT2D eigenvalue weighted by atomic mass is 10.1. The monoisotopic (exact) mass is 185 g/mol. The molecule has 0 amide bonds. The van der Waals surface area contributed by atoms with Gasteiger partial charge in [0.25, 0.3) is 0 Å². The van der Waals surface area contributed by atoms with Gasteiger partial charge in [0.05, 0.1) is 5.71 Å². The number of rotatable bonds is 7. The summed E-state index contributed by atoms with van der Waals surface area (Å²) in [5.41, 5.74) is 1.08. The Bertz CT molecular complexity index is 141. The van der Waals surface area contributed by atoms with E-state index in [9.17, 15) is 0 Å². The number of oxime groups is 1. The molecule has 0 rings (SSSR count). The van der Waals surface area contributed by atoms with Crippen molar-refractivity contribution >= 4 is 5.71 Å². The molecule has 2 nitrogen and oxygen atoms in total. The Labute approximate surface area is 82.4 Å². The van der Waals surface area contributed by atoms with E-state index in [2.05, 4.69) is 25.9 Å². The van der Waals surface area contributed by atoms with Gasteiger partial charge >= 0.3 is 0 Å². The summed E-state index contributed by atoms with van der Waals surface area (Å²) in [6.07, 6.45) is 4.96. The fourth-order valence-corrected chi connectivity index (χ4v) is 0.846. The van der Waals surface area contributed by atoms with E-state index in [1.54, 1.807) is 0 Å². The maximum atomic E-state index is 5.19. The van der Waals surface area contributed by atoms with E-state index in [0.29, 0.717) is 5.92 Å². The highest BCUT2D eigenvalue weighted by Crippen LogP contribution is 2.00. The van der Waals surface area contributed by atoms with Crippen molar-refractivity contribution in [3.63, 3.8) is 0 Å². The molecule has 0 unspecified atom stereocenters. The summed E-state index contributed by atoms with van der Waals surface area (Å²) >= 11 is 0. The molecule has 0 aromatic heterocycles. The Morgan fingerprint density at radius 2 is 1.92 bits per heavy atom. The highest BCUT2D eigenvalue weighted by Gasteiger charge is 1.97. The molecule has 0 N–H and O–H groups in total. The lowest BCUT2D eigenvalue weighted by Gasteiger charge is -2.04. The highest BCUT2D eigenvalue weighted by molar-refractivity contribution is 5.83. The molecule has 0 bridgehead atoms. The van der Waals surface area contributed by atoms with E-state index in [-0.39, 0.29) is 0 Å². The van der Waals surface area contributed by atoms with E-state index in [1.807, 2.05) is 6.92 Å². The Morgan fingerprint density at radius 1 is 1.23 bits per heavy atom. The van der Waals surface area contributed by atoms with Gasteiger partial charge in [-0.15, -0.1) is 0 Å². The standard InChI is InChI=1S/C11H23NO/c1-5-6-7-8-9-13-12-11(4)10(2)3/h10H,5-9H2,1-4H3/b12-11-. The van der Waals surface area contributed by atoms with Gasteiger partial charge in [-0.05, 0) is 25.7 Å². The van der Waals surface area contributed by atoms with Gasteiger partial charge in [0, 0.05) is 0 Å². The largest absolute Gasteiger partial charge is 0.396 e. The van der Waals surface area contributed by atoms with Gasteiger partial charge < -0.3 is 4.84 Å². The van der Waals surface area contributed by atoms with Crippen LogP contribution in [0.3, 0.4) is 0 Å². The van der Waals surface area contributed by atoms with Crippen molar-refractivity contribution in [2.75, 3.05) is 6.61 Å². The van der Waals surface area contributed by atoms with Crippen LogP contribution in [-0.4, -0.2) is 12.3 Å². The summed E-state index contributed by atoms with van der Waals surface area (Å²) in [6, 6.07) is 0. The SMILES string of the molecule is CCCCCCO/N=C(/C)C(C)C. The first kappa shape index (κ1) is 12.5. The minimum absolute atomic E-state index is 0.496. The molecular weight excluding hydrogens is 162 g/mol. The van der Waals surface area contributed by atoms with Gasteiger partial charge in [-0.1, -0.05) is 38.8 Å². The second-order valence-corrected chi connectivity index (χ2v) is 3.78. The number of nitrogens with zero attached hydrogens (tertiary/aromatic N) is 1. The molecule has 0 saturated heterocycles. The Morgan fingerprint density at radius 3 is 2.46 bits per heavy atom. The molecule has 0 atom stereocenters. The van der Waals surface area contributed by atoms with Crippen molar-refractivity contribution in [2.45, 2.75) is 53.4 Å². The zero-order valence-electron chi connectivity index (χ0n) is 9.47. The topological polar surface area (TPSA) is 21.6 Å². The van der Waals surface area contributed by atoms with Crippen LogP contribution in [0.25, 0.3) is 0 Å². The fraction of sp³-hybridized carbons (Fsp3) is 0.909. The van der Waals surface area contributed by atoms with Crippen LogP contribution >= 0.6 is 0 Å². The van der Waals surface area contributed by atoms with Crippen LogP contribution < -0.4 is 0 Å². The van der Waals surface area contributed by atoms with E-state index >= 15 is 0 Å². The van der Waals surface area contributed by atoms with Gasteiger partial charge in [0.2, 0.25) is 0 Å². The third-order valence-electron chi connectivity index (χ3n) is 2.13. The quantitative estimate of drug-likeness (QED) is 0.337. The Balaban J connectivity index is 3.29. The van der Waals surface area contributed by atoms with E-state index < -0.39 is 0 Å². The van der Waals surface area contributed by atoms with E-state index in [0.717, 1.165) is 18.7 Å². The molecule has 78 valence electrons. The van der Waals surface area contributed by atoms with Gasteiger partial charge in [0.15, 0.2) is 0 Å². The second-order valence-electron chi connectivity index (χ2n) is 3.78. The van der Waals surface area contributed by atoms with Crippen LogP contribution in [0.2, 0.25) is 0 Å². The molecule has 2 heteroatoms. The lowest BCUT2D eigenvalue weighted by Crippen LogP contribution is -2.03.